The van der Waals surface area contributed by atoms with Crippen LogP contribution in [0.5, 0.6) is 0 Å². The second-order valence-corrected chi connectivity index (χ2v) is 2.05. The van der Waals surface area contributed by atoms with E-state index >= 15 is 0 Å². The number of ether oxygens (including phenoxy) is 1. The van der Waals surface area contributed by atoms with Crippen LogP contribution in [0, 0.1) is 0 Å². The Hall–Kier alpha value is -0.770. The monoisotopic (exact) mass is 196 g/mol. The van der Waals surface area contributed by atoms with Crippen molar-refractivity contribution >= 4 is 24.3 Å². The number of halogens is 1. The van der Waals surface area contributed by atoms with Crippen molar-refractivity contribution in [3.8, 4) is 0 Å². The molecule has 5 heteroatoms. The third kappa shape index (κ3) is 9.23. The summed E-state index contributed by atoms with van der Waals surface area (Å²) in [6.07, 6.45) is 0.577. The molecule has 0 radical (unpaired) electrons. The summed E-state index contributed by atoms with van der Waals surface area (Å²) in [7, 11) is 0. The first-order valence-electron chi connectivity index (χ1n) is 3.54. The predicted octanol–water partition coefficient (Wildman–Crippen LogP) is 1.23. The minimum Gasteiger partial charge on any atom is -0.481 e. The van der Waals surface area contributed by atoms with Crippen molar-refractivity contribution < 1.29 is 19.4 Å². The molecule has 0 aromatic rings. The van der Waals surface area contributed by atoms with E-state index in [9.17, 15) is 9.59 Å². The van der Waals surface area contributed by atoms with Gasteiger partial charge in [0.05, 0.1) is 6.61 Å². The van der Waals surface area contributed by atoms with Crippen LogP contribution in [-0.2, 0) is 14.3 Å². The molecule has 0 bridgehead atoms. The van der Waals surface area contributed by atoms with Gasteiger partial charge >= 0.3 is 11.9 Å². The Balaban J connectivity index is 0. The Labute approximate surface area is 77.3 Å². The zero-order valence-corrected chi connectivity index (χ0v) is 7.73. The highest BCUT2D eigenvalue weighted by Gasteiger charge is 2.02. The molecule has 0 saturated carbocycles. The van der Waals surface area contributed by atoms with Gasteiger partial charge in [-0.2, -0.15) is 0 Å². The summed E-state index contributed by atoms with van der Waals surface area (Å²) < 4.78 is 4.59. The zero-order chi connectivity index (χ0) is 8.69. The second-order valence-electron chi connectivity index (χ2n) is 2.05. The molecular formula is C7H13ClO4. The van der Waals surface area contributed by atoms with Gasteiger partial charge in [-0.3, -0.25) is 9.59 Å². The van der Waals surface area contributed by atoms with Gasteiger partial charge in [0.1, 0.15) is 0 Å². The van der Waals surface area contributed by atoms with E-state index in [0.717, 1.165) is 0 Å². The maximum absolute atomic E-state index is 10.6. The molecule has 0 aliphatic carbocycles. The molecule has 0 aliphatic heterocycles. The van der Waals surface area contributed by atoms with E-state index < -0.39 is 5.97 Å². The van der Waals surface area contributed by atoms with Crippen LogP contribution in [0.4, 0.5) is 0 Å². The van der Waals surface area contributed by atoms with Crippen LogP contribution >= 0.6 is 12.4 Å². The van der Waals surface area contributed by atoms with Gasteiger partial charge in [0, 0.05) is 12.8 Å². The highest BCUT2D eigenvalue weighted by molar-refractivity contribution is 5.85. The third-order valence-electron chi connectivity index (χ3n) is 1.08. The highest BCUT2D eigenvalue weighted by Crippen LogP contribution is 1.96. The summed E-state index contributed by atoms with van der Waals surface area (Å²) in [4.78, 5) is 20.6. The zero-order valence-electron chi connectivity index (χ0n) is 6.91. The van der Waals surface area contributed by atoms with Gasteiger partial charge in [-0.25, -0.2) is 0 Å². The first-order chi connectivity index (χ1) is 5.16. The lowest BCUT2D eigenvalue weighted by Crippen LogP contribution is -2.04. The number of carbonyl (C=O) groups excluding carboxylic acids is 1. The molecule has 0 heterocycles. The molecule has 0 saturated heterocycles. The van der Waals surface area contributed by atoms with E-state index in [2.05, 4.69) is 4.74 Å². The van der Waals surface area contributed by atoms with Gasteiger partial charge in [0.15, 0.2) is 0 Å². The SMILES string of the molecule is CCOC(=O)CCCC(=O)O.Cl. The highest BCUT2D eigenvalue weighted by atomic mass is 35.5. The number of aliphatic carboxylic acids is 1. The minimum absolute atomic E-state index is 0. The van der Waals surface area contributed by atoms with E-state index in [0.29, 0.717) is 13.0 Å². The van der Waals surface area contributed by atoms with Crippen LogP contribution < -0.4 is 0 Å². The van der Waals surface area contributed by atoms with E-state index in [1.54, 1.807) is 6.92 Å². The minimum atomic E-state index is -0.880. The van der Waals surface area contributed by atoms with Gasteiger partial charge < -0.3 is 9.84 Å². The van der Waals surface area contributed by atoms with Crippen LogP contribution in [0.2, 0.25) is 0 Å². The number of hydrogen-bond acceptors (Lipinski definition) is 3. The first kappa shape index (κ1) is 13.8. The first-order valence-corrected chi connectivity index (χ1v) is 3.54. The number of esters is 1. The Bertz CT molecular complexity index is 146. The van der Waals surface area contributed by atoms with Crippen molar-refractivity contribution in [3.05, 3.63) is 0 Å². The number of hydrogen-bond donors (Lipinski definition) is 1. The standard InChI is InChI=1S/C7H12O4.ClH/c1-2-11-7(10)5-3-4-6(8)9;/h2-5H2,1H3,(H,8,9);1H. The largest absolute Gasteiger partial charge is 0.481 e. The molecule has 1 N–H and O–H groups in total. The smallest absolute Gasteiger partial charge is 0.305 e. The molecule has 0 atom stereocenters. The molecule has 0 amide bonds. The normalized spacial score (nSPS) is 8.42. The average molecular weight is 197 g/mol. The summed E-state index contributed by atoms with van der Waals surface area (Å²) in [5.74, 6) is -1.21. The fraction of sp³-hybridized carbons (Fsp3) is 0.714. The fourth-order valence-electron chi connectivity index (χ4n) is 0.617. The molecule has 0 spiro atoms. The topological polar surface area (TPSA) is 63.6 Å². The molecule has 0 aromatic carbocycles. The number of carboxylic acid groups (broad SMARTS) is 1. The molecule has 0 aliphatic rings. The summed E-state index contributed by atoms with van der Waals surface area (Å²) in [5, 5.41) is 8.20. The predicted molar refractivity (Wildman–Crippen MR) is 45.4 cm³/mol. The quantitative estimate of drug-likeness (QED) is 0.672. The van der Waals surface area contributed by atoms with Crippen molar-refractivity contribution in [1.29, 1.82) is 0 Å². The van der Waals surface area contributed by atoms with E-state index in [4.69, 9.17) is 5.11 Å². The van der Waals surface area contributed by atoms with E-state index in [1.165, 1.54) is 0 Å². The lowest BCUT2D eigenvalue weighted by atomic mass is 10.2. The van der Waals surface area contributed by atoms with Crippen LogP contribution in [0.25, 0.3) is 0 Å². The van der Waals surface area contributed by atoms with Crippen molar-refractivity contribution in [2.24, 2.45) is 0 Å². The molecule has 0 aromatic heterocycles. The lowest BCUT2D eigenvalue weighted by Gasteiger charge is -1.98. The number of carbonyl (C=O) groups is 2. The van der Waals surface area contributed by atoms with Gasteiger partial charge in [0.2, 0.25) is 0 Å². The molecule has 72 valence electrons. The molecule has 0 fully saturated rings. The molecule has 0 rings (SSSR count). The summed E-state index contributed by atoms with van der Waals surface area (Å²) in [5.41, 5.74) is 0. The van der Waals surface area contributed by atoms with Gasteiger partial charge in [-0.15, -0.1) is 12.4 Å². The lowest BCUT2D eigenvalue weighted by molar-refractivity contribution is -0.143. The van der Waals surface area contributed by atoms with Gasteiger partial charge in [0.25, 0.3) is 0 Å². The van der Waals surface area contributed by atoms with Crippen molar-refractivity contribution in [1.82, 2.24) is 0 Å². The Kier molecular flexibility index (Phi) is 9.57. The summed E-state index contributed by atoms with van der Waals surface area (Å²) >= 11 is 0. The maximum atomic E-state index is 10.6. The summed E-state index contributed by atoms with van der Waals surface area (Å²) in [6.45, 7) is 2.07. The Morgan fingerprint density at radius 3 is 2.33 bits per heavy atom. The van der Waals surface area contributed by atoms with E-state index in [1.807, 2.05) is 0 Å². The van der Waals surface area contributed by atoms with Crippen molar-refractivity contribution in [2.45, 2.75) is 26.2 Å². The van der Waals surface area contributed by atoms with Crippen molar-refractivity contribution in [2.75, 3.05) is 6.61 Å². The Morgan fingerprint density at radius 1 is 1.33 bits per heavy atom. The van der Waals surface area contributed by atoms with Crippen molar-refractivity contribution in [3.63, 3.8) is 0 Å². The molecule has 0 unspecified atom stereocenters. The van der Waals surface area contributed by atoms with Crippen LogP contribution in [-0.4, -0.2) is 23.7 Å². The number of rotatable bonds is 5. The molecule has 4 nitrogen and oxygen atoms in total. The molecular weight excluding hydrogens is 184 g/mol. The van der Waals surface area contributed by atoms with Crippen LogP contribution in [0.15, 0.2) is 0 Å². The van der Waals surface area contributed by atoms with Gasteiger partial charge in [-0.1, -0.05) is 0 Å². The van der Waals surface area contributed by atoms with Crippen LogP contribution in [0.1, 0.15) is 26.2 Å². The second kappa shape index (κ2) is 8.33. The Morgan fingerprint density at radius 2 is 1.92 bits per heavy atom. The third-order valence-corrected chi connectivity index (χ3v) is 1.08. The van der Waals surface area contributed by atoms with Gasteiger partial charge in [-0.05, 0) is 13.3 Å². The summed E-state index contributed by atoms with van der Waals surface area (Å²) in [6, 6.07) is 0. The fourth-order valence-corrected chi connectivity index (χ4v) is 0.617. The van der Waals surface area contributed by atoms with Crippen LogP contribution in [0.3, 0.4) is 0 Å². The number of carboxylic acids is 1. The molecule has 12 heavy (non-hydrogen) atoms. The maximum Gasteiger partial charge on any atom is 0.305 e. The average Bonchev–Trinajstić information content (AvgIpc) is 1.87. The van der Waals surface area contributed by atoms with E-state index in [-0.39, 0.29) is 31.2 Å².